The summed E-state index contributed by atoms with van der Waals surface area (Å²) in [6, 6.07) is 13.1. The van der Waals surface area contributed by atoms with E-state index < -0.39 is 0 Å². The summed E-state index contributed by atoms with van der Waals surface area (Å²) >= 11 is 5.77. The highest BCUT2D eigenvalue weighted by Crippen LogP contribution is 2.21. The average Bonchev–Trinajstić information content (AvgIpc) is 2.72. The third-order valence-electron chi connectivity index (χ3n) is 4.49. The molecule has 7 nitrogen and oxygen atoms in total. The Morgan fingerprint density at radius 1 is 1.11 bits per heavy atom. The summed E-state index contributed by atoms with van der Waals surface area (Å²) in [5, 5.41) is 13.8. The molecule has 0 aliphatic carbocycles. The van der Waals surface area contributed by atoms with E-state index in [0.29, 0.717) is 24.1 Å². The lowest BCUT2D eigenvalue weighted by molar-refractivity contribution is -0.128. The number of piperidine rings is 1. The second-order valence-electron chi connectivity index (χ2n) is 6.48. The monoisotopic (exact) mass is 387 g/mol. The number of hydrogen-bond acceptors (Lipinski definition) is 5. The third kappa shape index (κ3) is 5.65. The van der Waals surface area contributed by atoms with Gasteiger partial charge in [-0.05, 0) is 30.5 Å². The van der Waals surface area contributed by atoms with Crippen LogP contribution >= 0.6 is 11.6 Å². The zero-order valence-corrected chi connectivity index (χ0v) is 15.7. The van der Waals surface area contributed by atoms with Gasteiger partial charge in [-0.2, -0.15) is 0 Å². The first-order valence-corrected chi connectivity index (χ1v) is 9.32. The molecular formula is C19H22ClN5O2. The lowest BCUT2D eigenvalue weighted by Crippen LogP contribution is -2.45. The average molecular weight is 388 g/mol. The van der Waals surface area contributed by atoms with Gasteiger partial charge in [0, 0.05) is 19.6 Å². The molecule has 142 valence electrons. The SMILES string of the molecule is O=C(CNC(=O)C1CCCN(c2ccc(Cl)nn2)C1)NCc1ccccc1. The number of rotatable bonds is 6. The molecule has 1 aromatic heterocycles. The Morgan fingerprint density at radius 3 is 2.67 bits per heavy atom. The highest BCUT2D eigenvalue weighted by Gasteiger charge is 2.26. The molecule has 1 unspecified atom stereocenters. The van der Waals surface area contributed by atoms with E-state index in [1.165, 1.54) is 0 Å². The van der Waals surface area contributed by atoms with Gasteiger partial charge in [-0.15, -0.1) is 10.2 Å². The van der Waals surface area contributed by atoms with Crippen molar-refractivity contribution in [1.29, 1.82) is 0 Å². The van der Waals surface area contributed by atoms with Crippen LogP contribution in [-0.4, -0.2) is 41.6 Å². The van der Waals surface area contributed by atoms with Gasteiger partial charge in [0.1, 0.15) is 0 Å². The molecule has 1 aliphatic rings. The van der Waals surface area contributed by atoms with E-state index in [2.05, 4.69) is 20.8 Å². The van der Waals surface area contributed by atoms with Crippen LogP contribution < -0.4 is 15.5 Å². The maximum absolute atomic E-state index is 12.4. The maximum atomic E-state index is 12.4. The topological polar surface area (TPSA) is 87.2 Å². The van der Waals surface area contributed by atoms with Crippen molar-refractivity contribution < 1.29 is 9.59 Å². The fourth-order valence-electron chi connectivity index (χ4n) is 3.05. The first kappa shape index (κ1) is 19.1. The van der Waals surface area contributed by atoms with E-state index in [1.807, 2.05) is 35.2 Å². The van der Waals surface area contributed by atoms with Crippen molar-refractivity contribution in [2.24, 2.45) is 5.92 Å². The summed E-state index contributed by atoms with van der Waals surface area (Å²) in [7, 11) is 0. The van der Waals surface area contributed by atoms with Gasteiger partial charge >= 0.3 is 0 Å². The highest BCUT2D eigenvalue weighted by molar-refractivity contribution is 6.29. The Morgan fingerprint density at radius 2 is 1.93 bits per heavy atom. The van der Waals surface area contributed by atoms with Gasteiger partial charge in [0.25, 0.3) is 0 Å². The summed E-state index contributed by atoms with van der Waals surface area (Å²) in [6.45, 7) is 1.79. The first-order valence-electron chi connectivity index (χ1n) is 8.94. The molecular weight excluding hydrogens is 366 g/mol. The number of nitrogens with zero attached hydrogens (tertiary/aromatic N) is 3. The largest absolute Gasteiger partial charge is 0.354 e. The van der Waals surface area contributed by atoms with E-state index in [1.54, 1.807) is 12.1 Å². The van der Waals surface area contributed by atoms with E-state index in [4.69, 9.17) is 11.6 Å². The fourth-order valence-corrected chi connectivity index (χ4v) is 3.15. The molecule has 0 bridgehead atoms. The summed E-state index contributed by atoms with van der Waals surface area (Å²) in [5.41, 5.74) is 1.02. The number of hydrogen-bond donors (Lipinski definition) is 2. The van der Waals surface area contributed by atoms with Gasteiger partial charge in [-0.1, -0.05) is 41.9 Å². The zero-order chi connectivity index (χ0) is 19.1. The van der Waals surface area contributed by atoms with Crippen LogP contribution in [0.2, 0.25) is 5.15 Å². The molecule has 27 heavy (non-hydrogen) atoms. The quantitative estimate of drug-likeness (QED) is 0.788. The standard InChI is InChI=1S/C19H22ClN5O2/c20-16-8-9-17(24-23-16)25-10-4-7-15(13-25)19(27)22-12-18(26)21-11-14-5-2-1-3-6-14/h1-3,5-6,8-9,15H,4,7,10-13H2,(H,21,26)(H,22,27). The first-order chi connectivity index (χ1) is 13.1. The number of amides is 2. The molecule has 2 N–H and O–H groups in total. The van der Waals surface area contributed by atoms with Gasteiger partial charge in [0.05, 0.1) is 12.5 Å². The van der Waals surface area contributed by atoms with Gasteiger partial charge in [0.2, 0.25) is 11.8 Å². The number of carbonyl (C=O) groups excluding carboxylic acids is 2. The lowest BCUT2D eigenvalue weighted by Gasteiger charge is -2.32. The molecule has 2 heterocycles. The van der Waals surface area contributed by atoms with Gasteiger partial charge < -0.3 is 15.5 Å². The van der Waals surface area contributed by atoms with Crippen molar-refractivity contribution in [1.82, 2.24) is 20.8 Å². The van der Waals surface area contributed by atoms with Crippen LogP contribution in [-0.2, 0) is 16.1 Å². The molecule has 2 amide bonds. The minimum atomic E-state index is -0.205. The molecule has 1 atom stereocenters. The Kier molecular flexibility index (Phi) is 6.59. The molecule has 1 fully saturated rings. The number of carbonyl (C=O) groups is 2. The Labute approximate surface area is 163 Å². The van der Waals surface area contributed by atoms with Crippen molar-refractivity contribution in [2.75, 3.05) is 24.5 Å². The second-order valence-corrected chi connectivity index (χ2v) is 6.87. The zero-order valence-electron chi connectivity index (χ0n) is 14.9. The van der Waals surface area contributed by atoms with Crippen molar-refractivity contribution in [3.8, 4) is 0 Å². The van der Waals surface area contributed by atoms with Gasteiger partial charge in [0.15, 0.2) is 11.0 Å². The second kappa shape index (κ2) is 9.32. The van der Waals surface area contributed by atoms with Crippen molar-refractivity contribution in [2.45, 2.75) is 19.4 Å². The Bertz CT molecular complexity index is 769. The van der Waals surface area contributed by atoms with Crippen LogP contribution in [0, 0.1) is 5.92 Å². The number of halogens is 1. The molecule has 0 spiro atoms. The summed E-state index contributed by atoms with van der Waals surface area (Å²) in [4.78, 5) is 26.4. The predicted octanol–water partition coefficient (Wildman–Crippen LogP) is 1.78. The lowest BCUT2D eigenvalue weighted by atomic mass is 9.97. The van der Waals surface area contributed by atoms with Crippen molar-refractivity contribution >= 4 is 29.2 Å². The third-order valence-corrected chi connectivity index (χ3v) is 4.69. The van der Waals surface area contributed by atoms with Gasteiger partial charge in [-0.25, -0.2) is 0 Å². The number of benzene rings is 1. The van der Waals surface area contributed by atoms with E-state index in [0.717, 1.165) is 24.9 Å². The number of aromatic nitrogens is 2. The van der Waals surface area contributed by atoms with Crippen LogP contribution in [0.5, 0.6) is 0 Å². The predicted molar refractivity (Wildman–Crippen MR) is 103 cm³/mol. The Hall–Kier alpha value is -2.67. The fraction of sp³-hybridized carbons (Fsp3) is 0.368. The molecule has 1 aromatic carbocycles. The maximum Gasteiger partial charge on any atom is 0.239 e. The highest BCUT2D eigenvalue weighted by atomic mass is 35.5. The minimum Gasteiger partial charge on any atom is -0.354 e. The molecule has 1 aliphatic heterocycles. The molecule has 3 rings (SSSR count). The van der Waals surface area contributed by atoms with Gasteiger partial charge in [-0.3, -0.25) is 9.59 Å². The van der Waals surface area contributed by atoms with Crippen LogP contribution in [0.1, 0.15) is 18.4 Å². The molecule has 0 radical (unpaired) electrons. The van der Waals surface area contributed by atoms with Crippen LogP contribution in [0.4, 0.5) is 5.82 Å². The number of anilines is 1. The van der Waals surface area contributed by atoms with Crippen molar-refractivity contribution in [3.05, 3.63) is 53.2 Å². The normalized spacial score (nSPS) is 16.6. The van der Waals surface area contributed by atoms with E-state index in [-0.39, 0.29) is 24.3 Å². The summed E-state index contributed by atoms with van der Waals surface area (Å²) in [6.07, 6.45) is 1.66. The molecule has 0 saturated carbocycles. The smallest absolute Gasteiger partial charge is 0.239 e. The Balaban J connectivity index is 1.44. The van der Waals surface area contributed by atoms with Crippen LogP contribution in [0.15, 0.2) is 42.5 Å². The molecule has 1 saturated heterocycles. The van der Waals surface area contributed by atoms with Crippen molar-refractivity contribution in [3.63, 3.8) is 0 Å². The summed E-state index contributed by atoms with van der Waals surface area (Å²) in [5.74, 6) is 0.204. The minimum absolute atomic E-state index is 0.0249. The van der Waals surface area contributed by atoms with E-state index in [9.17, 15) is 9.59 Å². The molecule has 2 aromatic rings. The van der Waals surface area contributed by atoms with Crippen LogP contribution in [0.25, 0.3) is 0 Å². The number of nitrogens with one attached hydrogen (secondary N) is 2. The summed E-state index contributed by atoms with van der Waals surface area (Å²) < 4.78 is 0. The van der Waals surface area contributed by atoms with Crippen LogP contribution in [0.3, 0.4) is 0 Å². The molecule has 8 heteroatoms. The van der Waals surface area contributed by atoms with E-state index >= 15 is 0 Å².